The normalized spacial score (nSPS) is 10.8. The summed E-state index contributed by atoms with van der Waals surface area (Å²) in [7, 11) is 0. The zero-order valence-electron chi connectivity index (χ0n) is 9.04. The maximum Gasteiger partial charge on any atom is 0.181 e. The van der Waals surface area contributed by atoms with Crippen LogP contribution in [0.15, 0.2) is 26.9 Å². The van der Waals surface area contributed by atoms with Crippen molar-refractivity contribution in [2.24, 2.45) is 0 Å². The van der Waals surface area contributed by atoms with E-state index in [4.69, 9.17) is 5.73 Å². The molecule has 0 atom stereocenters. The fraction of sp³-hybridized carbons (Fsp3) is 0.182. The highest BCUT2D eigenvalue weighted by Gasteiger charge is 2.08. The number of hydrogen-bond acceptors (Lipinski definition) is 4. The Balaban J connectivity index is 2.10. The van der Waals surface area contributed by atoms with E-state index in [1.54, 1.807) is 17.8 Å². The molecule has 0 aliphatic rings. The minimum absolute atomic E-state index is 0.233. The molecular formula is C11H10BrFN2S2. The number of nitrogens with zero attached hydrogens (tertiary/aromatic N) is 1. The SMILES string of the molecule is Cc1nc(N)sc1SCc1ccc(F)cc1Br. The number of aromatic nitrogens is 1. The standard InChI is InChI=1S/C11H10BrFN2S2/c1-6-10(17-11(14)15-6)16-5-7-2-3-8(13)4-9(7)12/h2-4H,5H2,1H3,(H2,14,15). The predicted octanol–water partition coefficient (Wildman–Crippen LogP) is 4.23. The molecule has 1 heterocycles. The van der Waals surface area contributed by atoms with Crippen molar-refractivity contribution < 1.29 is 4.39 Å². The molecule has 1 aromatic carbocycles. The summed E-state index contributed by atoms with van der Waals surface area (Å²) in [4.78, 5) is 4.16. The number of thiazole rings is 1. The fourth-order valence-electron chi connectivity index (χ4n) is 1.32. The molecule has 0 fully saturated rings. The van der Waals surface area contributed by atoms with Gasteiger partial charge in [0.05, 0.1) is 9.90 Å². The highest BCUT2D eigenvalue weighted by atomic mass is 79.9. The average molecular weight is 333 g/mol. The number of anilines is 1. The third-order valence-corrected chi connectivity index (χ3v) is 5.28. The van der Waals surface area contributed by atoms with Crippen LogP contribution in [0.1, 0.15) is 11.3 Å². The number of halogens is 2. The summed E-state index contributed by atoms with van der Waals surface area (Å²) in [6, 6.07) is 4.73. The molecule has 0 aliphatic heterocycles. The first-order valence-corrected chi connectivity index (χ1v) is 7.45. The fourth-order valence-corrected chi connectivity index (χ4v) is 4.02. The van der Waals surface area contributed by atoms with Crippen LogP contribution < -0.4 is 5.73 Å². The van der Waals surface area contributed by atoms with Crippen molar-refractivity contribution >= 4 is 44.2 Å². The van der Waals surface area contributed by atoms with E-state index in [0.717, 1.165) is 25.7 Å². The van der Waals surface area contributed by atoms with E-state index in [1.807, 2.05) is 6.92 Å². The molecule has 2 N–H and O–H groups in total. The molecule has 2 rings (SSSR count). The highest BCUT2D eigenvalue weighted by Crippen LogP contribution is 2.34. The van der Waals surface area contributed by atoms with E-state index >= 15 is 0 Å². The lowest BCUT2D eigenvalue weighted by molar-refractivity contribution is 0.626. The largest absolute Gasteiger partial charge is 0.375 e. The van der Waals surface area contributed by atoms with Gasteiger partial charge in [-0.2, -0.15) is 0 Å². The van der Waals surface area contributed by atoms with Gasteiger partial charge in [0.2, 0.25) is 0 Å². The molecule has 17 heavy (non-hydrogen) atoms. The molecule has 1 aromatic heterocycles. The third-order valence-electron chi connectivity index (χ3n) is 2.14. The Hall–Kier alpha value is -0.590. The molecule has 90 valence electrons. The van der Waals surface area contributed by atoms with Gasteiger partial charge in [-0.1, -0.05) is 33.3 Å². The van der Waals surface area contributed by atoms with Crippen LogP contribution in [-0.4, -0.2) is 4.98 Å². The van der Waals surface area contributed by atoms with Crippen LogP contribution in [0, 0.1) is 12.7 Å². The zero-order chi connectivity index (χ0) is 12.4. The number of nitrogen functional groups attached to an aromatic ring is 1. The van der Waals surface area contributed by atoms with Crippen LogP contribution in [0.25, 0.3) is 0 Å². The van der Waals surface area contributed by atoms with Gasteiger partial charge >= 0.3 is 0 Å². The second-order valence-electron chi connectivity index (χ2n) is 3.45. The zero-order valence-corrected chi connectivity index (χ0v) is 12.3. The Morgan fingerprint density at radius 1 is 1.53 bits per heavy atom. The second-order valence-corrected chi connectivity index (χ2v) is 6.58. The van der Waals surface area contributed by atoms with Crippen LogP contribution in [0.2, 0.25) is 0 Å². The van der Waals surface area contributed by atoms with Crippen molar-refractivity contribution in [3.8, 4) is 0 Å². The summed E-state index contributed by atoms with van der Waals surface area (Å²) in [6.07, 6.45) is 0. The van der Waals surface area contributed by atoms with Crippen LogP contribution >= 0.6 is 39.0 Å². The maximum atomic E-state index is 12.9. The van der Waals surface area contributed by atoms with E-state index in [2.05, 4.69) is 20.9 Å². The highest BCUT2D eigenvalue weighted by molar-refractivity contribution is 9.10. The number of rotatable bonds is 3. The maximum absolute atomic E-state index is 12.9. The van der Waals surface area contributed by atoms with Gasteiger partial charge < -0.3 is 5.73 Å². The molecule has 0 saturated carbocycles. The van der Waals surface area contributed by atoms with Crippen molar-refractivity contribution in [3.05, 3.63) is 39.7 Å². The van der Waals surface area contributed by atoms with Gasteiger partial charge in [-0.05, 0) is 24.6 Å². The van der Waals surface area contributed by atoms with Gasteiger partial charge in [-0.15, -0.1) is 11.8 Å². The lowest BCUT2D eigenvalue weighted by atomic mass is 10.2. The summed E-state index contributed by atoms with van der Waals surface area (Å²) in [5.74, 6) is 0.535. The minimum atomic E-state index is -0.233. The van der Waals surface area contributed by atoms with Crippen molar-refractivity contribution in [3.63, 3.8) is 0 Å². The molecule has 2 nitrogen and oxygen atoms in total. The number of hydrogen-bond donors (Lipinski definition) is 1. The van der Waals surface area contributed by atoms with E-state index < -0.39 is 0 Å². The molecule has 0 bridgehead atoms. The minimum Gasteiger partial charge on any atom is -0.375 e. The first kappa shape index (κ1) is 12.9. The Morgan fingerprint density at radius 3 is 2.88 bits per heavy atom. The van der Waals surface area contributed by atoms with Crippen molar-refractivity contribution in [1.29, 1.82) is 0 Å². The summed E-state index contributed by atoms with van der Waals surface area (Å²) in [5, 5.41) is 0.586. The molecule has 0 radical (unpaired) electrons. The van der Waals surface area contributed by atoms with Crippen LogP contribution in [0.5, 0.6) is 0 Å². The number of aryl methyl sites for hydroxylation is 1. The first-order valence-electron chi connectivity index (χ1n) is 4.86. The van der Waals surface area contributed by atoms with E-state index in [9.17, 15) is 4.39 Å². The molecule has 2 aromatic rings. The summed E-state index contributed by atoms with van der Waals surface area (Å²) in [5.41, 5.74) is 7.65. The smallest absolute Gasteiger partial charge is 0.181 e. The van der Waals surface area contributed by atoms with Gasteiger partial charge in [0.1, 0.15) is 5.82 Å². The monoisotopic (exact) mass is 332 g/mol. The van der Waals surface area contributed by atoms with E-state index in [0.29, 0.717) is 5.13 Å². The second kappa shape index (κ2) is 5.37. The first-order chi connectivity index (χ1) is 8.06. The Kier molecular flexibility index (Phi) is 4.06. The number of benzene rings is 1. The van der Waals surface area contributed by atoms with Crippen LogP contribution in [0.3, 0.4) is 0 Å². The Morgan fingerprint density at radius 2 is 2.29 bits per heavy atom. The van der Waals surface area contributed by atoms with Crippen molar-refractivity contribution in [1.82, 2.24) is 4.98 Å². The van der Waals surface area contributed by atoms with Gasteiger partial charge in [-0.3, -0.25) is 0 Å². The van der Waals surface area contributed by atoms with Gasteiger partial charge in [0.25, 0.3) is 0 Å². The topological polar surface area (TPSA) is 38.9 Å². The molecule has 0 unspecified atom stereocenters. The Labute approximate surface area is 116 Å². The van der Waals surface area contributed by atoms with Gasteiger partial charge in [0, 0.05) is 10.2 Å². The van der Waals surface area contributed by atoms with E-state index in [1.165, 1.54) is 23.5 Å². The molecular weight excluding hydrogens is 323 g/mol. The molecule has 0 amide bonds. The van der Waals surface area contributed by atoms with Crippen molar-refractivity contribution in [2.45, 2.75) is 16.9 Å². The quantitative estimate of drug-likeness (QED) is 0.855. The van der Waals surface area contributed by atoms with Gasteiger partial charge in [-0.25, -0.2) is 9.37 Å². The summed E-state index contributed by atoms with van der Waals surface area (Å²) < 4.78 is 14.8. The summed E-state index contributed by atoms with van der Waals surface area (Å²) >= 11 is 6.50. The Bertz CT molecular complexity index is 542. The lowest BCUT2D eigenvalue weighted by Crippen LogP contribution is -1.85. The van der Waals surface area contributed by atoms with Crippen LogP contribution in [0.4, 0.5) is 9.52 Å². The molecule has 0 aliphatic carbocycles. The van der Waals surface area contributed by atoms with E-state index in [-0.39, 0.29) is 5.82 Å². The van der Waals surface area contributed by atoms with Crippen molar-refractivity contribution in [2.75, 3.05) is 5.73 Å². The predicted molar refractivity (Wildman–Crippen MR) is 74.9 cm³/mol. The average Bonchev–Trinajstić information content (AvgIpc) is 2.56. The molecule has 0 spiro atoms. The number of thioether (sulfide) groups is 1. The van der Waals surface area contributed by atoms with Gasteiger partial charge in [0.15, 0.2) is 5.13 Å². The number of nitrogens with two attached hydrogens (primary N) is 1. The lowest BCUT2D eigenvalue weighted by Gasteiger charge is -2.03. The molecule has 6 heteroatoms. The third kappa shape index (κ3) is 3.20. The summed E-state index contributed by atoms with van der Waals surface area (Å²) in [6.45, 7) is 1.94. The van der Waals surface area contributed by atoms with Crippen LogP contribution in [-0.2, 0) is 5.75 Å². The molecule has 0 saturated heterocycles.